The third kappa shape index (κ3) is 3.57. The van der Waals surface area contributed by atoms with Crippen LogP contribution in [-0.2, 0) is 0 Å². The van der Waals surface area contributed by atoms with E-state index in [0.717, 1.165) is 11.8 Å². The molecule has 0 aliphatic heterocycles. The van der Waals surface area contributed by atoms with Crippen molar-refractivity contribution in [2.75, 3.05) is 6.54 Å². The van der Waals surface area contributed by atoms with Crippen molar-refractivity contribution < 1.29 is 0 Å². The fourth-order valence-corrected chi connectivity index (χ4v) is 1.94. The van der Waals surface area contributed by atoms with Gasteiger partial charge < -0.3 is 5.32 Å². The highest BCUT2D eigenvalue weighted by Gasteiger charge is 2.17. The normalized spacial score (nSPS) is 31.0. The lowest BCUT2D eigenvalue weighted by atomic mass is 9.83. The Morgan fingerprint density at radius 2 is 1.75 bits per heavy atom. The van der Waals surface area contributed by atoms with Crippen LogP contribution in [-0.4, -0.2) is 12.6 Å². The summed E-state index contributed by atoms with van der Waals surface area (Å²) >= 11 is 0. The lowest BCUT2D eigenvalue weighted by Crippen LogP contribution is -2.30. The van der Waals surface area contributed by atoms with Gasteiger partial charge in [0.25, 0.3) is 0 Å². The van der Waals surface area contributed by atoms with Crippen LogP contribution in [0.5, 0.6) is 0 Å². The third-order valence-electron chi connectivity index (χ3n) is 2.95. The quantitative estimate of drug-likeness (QED) is 0.685. The SMILES string of the molecule is CC(C)NC[C@H]1CC[C@@H](C)CC1. The maximum atomic E-state index is 3.53. The molecular formula is C11H23N. The molecule has 0 aromatic heterocycles. The van der Waals surface area contributed by atoms with Gasteiger partial charge in [-0.2, -0.15) is 0 Å². The van der Waals surface area contributed by atoms with Crippen molar-refractivity contribution >= 4 is 0 Å². The summed E-state index contributed by atoms with van der Waals surface area (Å²) in [6.07, 6.45) is 5.79. The molecule has 1 aliphatic rings. The van der Waals surface area contributed by atoms with Gasteiger partial charge in [-0.1, -0.05) is 33.6 Å². The summed E-state index contributed by atoms with van der Waals surface area (Å²) in [7, 11) is 0. The maximum Gasteiger partial charge on any atom is 0.00104 e. The molecule has 1 N–H and O–H groups in total. The Hall–Kier alpha value is -0.0400. The molecule has 0 aromatic rings. The summed E-state index contributed by atoms with van der Waals surface area (Å²) in [6.45, 7) is 8.08. The lowest BCUT2D eigenvalue weighted by Gasteiger charge is -2.26. The van der Waals surface area contributed by atoms with Gasteiger partial charge in [-0.15, -0.1) is 0 Å². The van der Waals surface area contributed by atoms with E-state index in [1.54, 1.807) is 0 Å². The Balaban J connectivity index is 2.09. The van der Waals surface area contributed by atoms with Crippen LogP contribution in [0, 0.1) is 11.8 Å². The topological polar surface area (TPSA) is 12.0 Å². The van der Waals surface area contributed by atoms with Gasteiger partial charge in [0.05, 0.1) is 0 Å². The van der Waals surface area contributed by atoms with E-state index in [0.29, 0.717) is 6.04 Å². The molecule has 1 rings (SSSR count). The Morgan fingerprint density at radius 3 is 2.25 bits per heavy atom. The Bertz CT molecular complexity index is 112. The van der Waals surface area contributed by atoms with Gasteiger partial charge >= 0.3 is 0 Å². The average molecular weight is 169 g/mol. The minimum atomic E-state index is 0.657. The van der Waals surface area contributed by atoms with Crippen LogP contribution >= 0.6 is 0 Å². The molecule has 1 heteroatoms. The fourth-order valence-electron chi connectivity index (χ4n) is 1.94. The van der Waals surface area contributed by atoms with E-state index in [1.807, 2.05) is 0 Å². The Labute approximate surface area is 76.9 Å². The van der Waals surface area contributed by atoms with Gasteiger partial charge in [0.15, 0.2) is 0 Å². The molecule has 0 unspecified atom stereocenters. The van der Waals surface area contributed by atoms with Crippen LogP contribution in [0.15, 0.2) is 0 Å². The summed E-state index contributed by atoms with van der Waals surface area (Å²) < 4.78 is 0. The highest BCUT2D eigenvalue weighted by molar-refractivity contribution is 4.72. The molecule has 1 nitrogen and oxygen atoms in total. The van der Waals surface area contributed by atoms with Crippen LogP contribution < -0.4 is 5.32 Å². The summed E-state index contributed by atoms with van der Waals surface area (Å²) in [6, 6.07) is 0.657. The van der Waals surface area contributed by atoms with Crippen molar-refractivity contribution in [2.45, 2.75) is 52.5 Å². The second-order valence-corrected chi connectivity index (χ2v) is 4.69. The van der Waals surface area contributed by atoms with Gasteiger partial charge in [0.1, 0.15) is 0 Å². The number of rotatable bonds is 3. The lowest BCUT2D eigenvalue weighted by molar-refractivity contribution is 0.277. The van der Waals surface area contributed by atoms with Crippen molar-refractivity contribution in [1.82, 2.24) is 5.32 Å². The molecule has 12 heavy (non-hydrogen) atoms. The third-order valence-corrected chi connectivity index (χ3v) is 2.95. The molecule has 0 atom stereocenters. The van der Waals surface area contributed by atoms with E-state index >= 15 is 0 Å². The molecule has 0 spiro atoms. The Morgan fingerprint density at radius 1 is 1.17 bits per heavy atom. The zero-order valence-electron chi connectivity index (χ0n) is 8.77. The molecule has 0 amide bonds. The second kappa shape index (κ2) is 4.86. The summed E-state index contributed by atoms with van der Waals surface area (Å²) in [5.41, 5.74) is 0. The predicted molar refractivity (Wildman–Crippen MR) is 54.3 cm³/mol. The highest BCUT2D eigenvalue weighted by Crippen LogP contribution is 2.27. The zero-order valence-corrected chi connectivity index (χ0v) is 8.77. The molecule has 0 radical (unpaired) electrons. The molecule has 1 saturated carbocycles. The number of hydrogen-bond acceptors (Lipinski definition) is 1. The van der Waals surface area contributed by atoms with Crippen LogP contribution in [0.3, 0.4) is 0 Å². The largest absolute Gasteiger partial charge is 0.314 e. The van der Waals surface area contributed by atoms with Gasteiger partial charge in [-0.05, 0) is 31.2 Å². The molecule has 1 fully saturated rings. The molecule has 0 bridgehead atoms. The summed E-state index contributed by atoms with van der Waals surface area (Å²) in [4.78, 5) is 0. The second-order valence-electron chi connectivity index (χ2n) is 4.69. The smallest absolute Gasteiger partial charge is 0.00104 e. The summed E-state index contributed by atoms with van der Waals surface area (Å²) in [5, 5.41) is 3.53. The van der Waals surface area contributed by atoms with Crippen molar-refractivity contribution in [3.8, 4) is 0 Å². The van der Waals surface area contributed by atoms with E-state index in [9.17, 15) is 0 Å². The first kappa shape index (κ1) is 10.0. The average Bonchev–Trinajstić information content (AvgIpc) is 2.03. The van der Waals surface area contributed by atoms with Gasteiger partial charge in [0.2, 0.25) is 0 Å². The van der Waals surface area contributed by atoms with Crippen LogP contribution in [0.25, 0.3) is 0 Å². The van der Waals surface area contributed by atoms with Crippen molar-refractivity contribution in [1.29, 1.82) is 0 Å². The predicted octanol–water partition coefficient (Wildman–Crippen LogP) is 2.81. The van der Waals surface area contributed by atoms with E-state index in [-0.39, 0.29) is 0 Å². The fraction of sp³-hybridized carbons (Fsp3) is 1.00. The van der Waals surface area contributed by atoms with E-state index in [1.165, 1.54) is 32.2 Å². The minimum absolute atomic E-state index is 0.657. The van der Waals surface area contributed by atoms with Crippen molar-refractivity contribution in [2.24, 2.45) is 11.8 Å². The van der Waals surface area contributed by atoms with E-state index in [4.69, 9.17) is 0 Å². The van der Waals surface area contributed by atoms with E-state index in [2.05, 4.69) is 26.1 Å². The molecule has 0 aromatic carbocycles. The van der Waals surface area contributed by atoms with Crippen molar-refractivity contribution in [3.05, 3.63) is 0 Å². The molecule has 0 heterocycles. The van der Waals surface area contributed by atoms with E-state index < -0.39 is 0 Å². The molecule has 0 saturated heterocycles. The molecular weight excluding hydrogens is 146 g/mol. The first-order chi connectivity index (χ1) is 5.68. The maximum absolute atomic E-state index is 3.53. The first-order valence-corrected chi connectivity index (χ1v) is 5.42. The van der Waals surface area contributed by atoms with Crippen LogP contribution in [0.2, 0.25) is 0 Å². The zero-order chi connectivity index (χ0) is 8.97. The minimum Gasteiger partial charge on any atom is -0.314 e. The number of nitrogens with one attached hydrogen (secondary N) is 1. The van der Waals surface area contributed by atoms with Crippen LogP contribution in [0.1, 0.15) is 46.5 Å². The molecule has 72 valence electrons. The van der Waals surface area contributed by atoms with Crippen molar-refractivity contribution in [3.63, 3.8) is 0 Å². The number of hydrogen-bond donors (Lipinski definition) is 1. The van der Waals surface area contributed by atoms with Crippen LogP contribution in [0.4, 0.5) is 0 Å². The monoisotopic (exact) mass is 169 g/mol. The first-order valence-electron chi connectivity index (χ1n) is 5.42. The highest BCUT2D eigenvalue weighted by atomic mass is 14.9. The Kier molecular flexibility index (Phi) is 4.07. The van der Waals surface area contributed by atoms with Gasteiger partial charge in [0, 0.05) is 6.04 Å². The molecule has 1 aliphatic carbocycles. The van der Waals surface area contributed by atoms with Gasteiger partial charge in [-0.3, -0.25) is 0 Å². The standard InChI is InChI=1S/C11H23N/c1-9(2)12-8-11-6-4-10(3)5-7-11/h9-12H,4-8H2,1-3H3/t10-,11+. The van der Waals surface area contributed by atoms with Gasteiger partial charge in [-0.25, -0.2) is 0 Å². The summed E-state index contributed by atoms with van der Waals surface area (Å²) in [5.74, 6) is 1.95.